The van der Waals surface area contributed by atoms with Crippen LogP contribution in [-0.4, -0.2) is 96.7 Å². The van der Waals surface area contributed by atoms with Crippen molar-refractivity contribution in [2.24, 2.45) is 5.92 Å². The van der Waals surface area contributed by atoms with Crippen LogP contribution in [0, 0.1) is 5.92 Å². The Morgan fingerprint density at radius 3 is 0.789 bits per heavy atom. The van der Waals surface area contributed by atoms with Gasteiger partial charge < -0.3 is 33.8 Å². The van der Waals surface area contributed by atoms with Gasteiger partial charge in [0.15, 0.2) is 12.2 Å². The Hall–Kier alpha value is -1.94. The average Bonchev–Trinajstić information content (AvgIpc) is 3.73. The van der Waals surface area contributed by atoms with E-state index in [1.807, 2.05) is 0 Å². The Morgan fingerprint density at radius 2 is 0.533 bits per heavy atom. The number of aliphatic hydroxyl groups excluding tert-OH is 1. The quantitative estimate of drug-likeness (QED) is 0.0222. The van der Waals surface area contributed by atoms with Crippen molar-refractivity contribution in [3.63, 3.8) is 0 Å². The normalized spacial score (nSPS) is 14.4. The molecule has 3 unspecified atom stereocenters. The van der Waals surface area contributed by atoms with Crippen LogP contribution in [-0.2, 0) is 65.4 Å². The number of carbonyl (C=O) groups excluding carboxylic acids is 4. The fourth-order valence-electron chi connectivity index (χ4n) is 10.8. The Labute approximate surface area is 549 Å². The smallest absolute Gasteiger partial charge is 0.462 e. The third kappa shape index (κ3) is 63.5. The molecule has 0 rings (SSSR count). The first-order valence-electron chi connectivity index (χ1n) is 37.2. The summed E-state index contributed by atoms with van der Waals surface area (Å²) in [6, 6.07) is 0. The van der Waals surface area contributed by atoms with Crippen LogP contribution in [0.4, 0.5) is 0 Å². The van der Waals surface area contributed by atoms with Crippen LogP contribution in [0.15, 0.2) is 0 Å². The molecule has 0 aliphatic rings. The summed E-state index contributed by atoms with van der Waals surface area (Å²) in [5.41, 5.74) is 0. The molecule has 534 valence electrons. The van der Waals surface area contributed by atoms with Crippen molar-refractivity contribution in [2.75, 3.05) is 39.6 Å². The van der Waals surface area contributed by atoms with Gasteiger partial charge in [0.05, 0.1) is 26.4 Å². The van der Waals surface area contributed by atoms with E-state index in [2.05, 4.69) is 34.6 Å². The molecule has 0 heterocycles. The van der Waals surface area contributed by atoms with Gasteiger partial charge in [0, 0.05) is 25.7 Å². The molecule has 0 aliphatic carbocycles. The lowest BCUT2D eigenvalue weighted by Crippen LogP contribution is -2.30. The zero-order valence-electron chi connectivity index (χ0n) is 58.3. The van der Waals surface area contributed by atoms with Gasteiger partial charge in [-0.3, -0.25) is 37.3 Å². The van der Waals surface area contributed by atoms with Crippen LogP contribution >= 0.6 is 15.6 Å². The molecule has 0 aromatic heterocycles. The number of rotatable bonds is 71. The summed E-state index contributed by atoms with van der Waals surface area (Å²) in [7, 11) is -9.89. The SMILES string of the molecule is CCCCCCCCCCCCCCCCCCC(=O)OC[C@H](COP(=O)(O)OC[C@@H](O)COP(=O)(O)OC[C@@H](COC(=O)CCCCCCCCCC)OC(=O)CCCCCCCCCC)OC(=O)CCCCCCCCCCCCCCCCC(C)CC. The number of phosphoric ester groups is 2. The summed E-state index contributed by atoms with van der Waals surface area (Å²) >= 11 is 0. The number of unbranched alkanes of at least 4 members (excludes halogenated alkanes) is 42. The fraction of sp³-hybridized carbons (Fsp3) is 0.944. The highest BCUT2D eigenvalue weighted by atomic mass is 31.2. The lowest BCUT2D eigenvalue weighted by molar-refractivity contribution is -0.161. The second-order valence-corrected chi connectivity index (χ2v) is 28.8. The minimum absolute atomic E-state index is 0.105. The number of ether oxygens (including phenoxy) is 4. The molecule has 0 aromatic rings. The largest absolute Gasteiger partial charge is 0.472 e. The zero-order valence-corrected chi connectivity index (χ0v) is 60.1. The van der Waals surface area contributed by atoms with Gasteiger partial charge in [-0.1, -0.05) is 317 Å². The highest BCUT2D eigenvalue weighted by Gasteiger charge is 2.30. The van der Waals surface area contributed by atoms with Gasteiger partial charge in [0.25, 0.3) is 0 Å². The second kappa shape index (κ2) is 64.4. The molecule has 0 aromatic carbocycles. The van der Waals surface area contributed by atoms with E-state index in [9.17, 15) is 43.2 Å². The number of hydrogen-bond donors (Lipinski definition) is 3. The van der Waals surface area contributed by atoms with Crippen LogP contribution in [0.5, 0.6) is 0 Å². The molecule has 0 bridgehead atoms. The predicted octanol–water partition coefficient (Wildman–Crippen LogP) is 20.5. The third-order valence-electron chi connectivity index (χ3n) is 16.9. The molecule has 0 aliphatic heterocycles. The topological polar surface area (TPSA) is 237 Å². The van der Waals surface area contributed by atoms with E-state index in [1.165, 1.54) is 180 Å². The number of phosphoric acid groups is 2. The standard InChI is InChI=1S/C71H138O17P2/c1-6-10-13-16-19-22-23-24-25-26-30-33-36-41-45-50-55-69(74)82-61-67(88-71(76)57-52-47-42-37-34-31-28-27-29-32-35-38-43-48-53-64(5)9-4)63-86-90(79,80)84-59-65(72)58-83-89(77,78)85-62-66(87-70(75)56-51-46-40-21-18-15-12-8-3)60-81-68(73)54-49-44-39-20-17-14-11-7-2/h64-67,72H,6-63H2,1-5H3,(H,77,78)(H,79,80)/t64?,65-,66+,67+/m0/s1. The molecule has 6 atom stereocenters. The van der Waals surface area contributed by atoms with Crippen LogP contribution in [0.2, 0.25) is 0 Å². The Kier molecular flexibility index (Phi) is 63.0. The summed E-state index contributed by atoms with van der Waals surface area (Å²) in [5.74, 6) is -1.28. The van der Waals surface area contributed by atoms with Gasteiger partial charge in [0.1, 0.15) is 19.3 Å². The van der Waals surface area contributed by atoms with Crippen molar-refractivity contribution in [3.8, 4) is 0 Å². The Balaban J connectivity index is 5.18. The molecule has 0 fully saturated rings. The predicted molar refractivity (Wildman–Crippen MR) is 363 cm³/mol. The molecule has 0 radical (unpaired) electrons. The molecule has 19 heteroatoms. The van der Waals surface area contributed by atoms with Gasteiger partial charge in [0.2, 0.25) is 0 Å². The van der Waals surface area contributed by atoms with E-state index in [0.717, 1.165) is 109 Å². The zero-order chi connectivity index (χ0) is 66.3. The van der Waals surface area contributed by atoms with Gasteiger partial charge >= 0.3 is 39.5 Å². The minimum atomic E-state index is -4.95. The number of esters is 4. The van der Waals surface area contributed by atoms with E-state index < -0.39 is 97.5 Å². The lowest BCUT2D eigenvalue weighted by Gasteiger charge is -2.21. The first kappa shape index (κ1) is 88.1. The van der Waals surface area contributed by atoms with Crippen molar-refractivity contribution in [3.05, 3.63) is 0 Å². The monoisotopic (exact) mass is 1320 g/mol. The molecule has 90 heavy (non-hydrogen) atoms. The van der Waals surface area contributed by atoms with E-state index >= 15 is 0 Å². The molecule has 17 nitrogen and oxygen atoms in total. The third-order valence-corrected chi connectivity index (χ3v) is 18.8. The Morgan fingerprint density at radius 1 is 0.311 bits per heavy atom. The van der Waals surface area contributed by atoms with Crippen molar-refractivity contribution < 1.29 is 80.2 Å². The Bertz CT molecular complexity index is 1740. The summed E-state index contributed by atoms with van der Waals surface area (Å²) < 4.78 is 68.2. The maximum absolute atomic E-state index is 13.0. The minimum Gasteiger partial charge on any atom is -0.462 e. The maximum atomic E-state index is 13.0. The van der Waals surface area contributed by atoms with Crippen LogP contribution in [0.3, 0.4) is 0 Å². The highest BCUT2D eigenvalue weighted by molar-refractivity contribution is 7.47. The van der Waals surface area contributed by atoms with E-state index in [-0.39, 0.29) is 25.7 Å². The van der Waals surface area contributed by atoms with Gasteiger partial charge in [-0.05, 0) is 31.6 Å². The number of hydrogen-bond acceptors (Lipinski definition) is 15. The van der Waals surface area contributed by atoms with Crippen LogP contribution in [0.1, 0.15) is 369 Å². The summed E-state index contributed by atoms with van der Waals surface area (Å²) in [5, 5.41) is 10.6. The molecule has 0 saturated carbocycles. The molecule has 0 amide bonds. The maximum Gasteiger partial charge on any atom is 0.472 e. The summed E-state index contributed by atoms with van der Waals surface area (Å²) in [6.45, 7) is 7.26. The van der Waals surface area contributed by atoms with E-state index in [1.54, 1.807) is 0 Å². The van der Waals surface area contributed by atoms with Crippen LogP contribution < -0.4 is 0 Å². The fourth-order valence-corrected chi connectivity index (χ4v) is 12.4. The highest BCUT2D eigenvalue weighted by Crippen LogP contribution is 2.45. The van der Waals surface area contributed by atoms with Gasteiger partial charge in [-0.15, -0.1) is 0 Å². The van der Waals surface area contributed by atoms with E-state index in [4.69, 9.17) is 37.0 Å². The lowest BCUT2D eigenvalue weighted by atomic mass is 9.99. The molecule has 0 spiro atoms. The average molecular weight is 1330 g/mol. The summed E-state index contributed by atoms with van der Waals surface area (Å²) in [4.78, 5) is 72.4. The molecular weight excluding hydrogens is 1190 g/mol. The van der Waals surface area contributed by atoms with Crippen LogP contribution in [0.25, 0.3) is 0 Å². The number of aliphatic hydroxyl groups is 1. The second-order valence-electron chi connectivity index (χ2n) is 25.9. The first-order chi connectivity index (χ1) is 43.6. The van der Waals surface area contributed by atoms with Crippen molar-refractivity contribution in [1.29, 1.82) is 0 Å². The van der Waals surface area contributed by atoms with E-state index in [0.29, 0.717) is 25.7 Å². The first-order valence-corrected chi connectivity index (χ1v) is 40.2. The molecular formula is C71H138O17P2. The molecule has 3 N–H and O–H groups in total. The molecule has 0 saturated heterocycles. The van der Waals surface area contributed by atoms with Gasteiger partial charge in [-0.25, -0.2) is 9.13 Å². The number of carbonyl (C=O) groups is 4. The van der Waals surface area contributed by atoms with Crippen molar-refractivity contribution in [1.82, 2.24) is 0 Å². The van der Waals surface area contributed by atoms with Gasteiger partial charge in [-0.2, -0.15) is 0 Å². The van der Waals surface area contributed by atoms with Crippen molar-refractivity contribution >= 4 is 39.5 Å². The summed E-state index contributed by atoms with van der Waals surface area (Å²) in [6.07, 6.45) is 51.4. The van der Waals surface area contributed by atoms with Crippen molar-refractivity contribution in [2.45, 2.75) is 387 Å².